The summed E-state index contributed by atoms with van der Waals surface area (Å²) in [4.78, 5) is 10.4. The molecule has 1 aromatic heterocycles. The standard InChI is InChI=1S/C16H21N5O3.ClH/c1-20-10-13(8-17-6-12-7-18-9-15(12)22)16(19-20)11-2-4-14(5-3-11)21(23)24;/h2-5,10,12,15,17-18,22H,6-9H2,1H3;1H. The molecule has 1 aromatic carbocycles. The van der Waals surface area contributed by atoms with Gasteiger partial charge in [0.1, 0.15) is 0 Å². The molecule has 3 N–H and O–H groups in total. The van der Waals surface area contributed by atoms with Crippen molar-refractivity contribution in [3.63, 3.8) is 0 Å². The third-order valence-electron chi connectivity index (χ3n) is 4.28. The van der Waals surface area contributed by atoms with Crippen LogP contribution in [0.3, 0.4) is 0 Å². The van der Waals surface area contributed by atoms with E-state index in [0.29, 0.717) is 13.1 Å². The van der Waals surface area contributed by atoms with Crippen LogP contribution < -0.4 is 10.6 Å². The molecule has 1 fully saturated rings. The Morgan fingerprint density at radius 3 is 2.72 bits per heavy atom. The quantitative estimate of drug-likeness (QED) is 0.521. The Bertz CT molecular complexity index is 719. The number of nitrogens with zero attached hydrogens (tertiary/aromatic N) is 3. The van der Waals surface area contributed by atoms with Gasteiger partial charge in [-0.3, -0.25) is 14.8 Å². The average molecular weight is 368 g/mol. The Kier molecular flexibility index (Phi) is 6.49. The molecule has 0 amide bonds. The summed E-state index contributed by atoms with van der Waals surface area (Å²) in [7, 11) is 1.85. The van der Waals surface area contributed by atoms with E-state index in [9.17, 15) is 15.2 Å². The summed E-state index contributed by atoms with van der Waals surface area (Å²) >= 11 is 0. The normalized spacial score (nSPS) is 19.6. The molecule has 0 saturated carbocycles. The van der Waals surface area contributed by atoms with Crippen molar-refractivity contribution < 1.29 is 10.0 Å². The van der Waals surface area contributed by atoms with Crippen LogP contribution in [-0.4, -0.2) is 45.5 Å². The summed E-state index contributed by atoms with van der Waals surface area (Å²) in [6.07, 6.45) is 1.63. The van der Waals surface area contributed by atoms with Gasteiger partial charge in [-0.05, 0) is 12.1 Å². The first kappa shape index (κ1) is 19.3. The maximum absolute atomic E-state index is 10.8. The number of rotatable bonds is 6. The first-order valence-electron chi connectivity index (χ1n) is 7.91. The third-order valence-corrected chi connectivity index (χ3v) is 4.28. The summed E-state index contributed by atoms with van der Waals surface area (Å²) in [5.74, 6) is 0.212. The maximum atomic E-state index is 10.8. The van der Waals surface area contributed by atoms with E-state index in [1.165, 1.54) is 12.1 Å². The highest BCUT2D eigenvalue weighted by molar-refractivity contribution is 5.85. The molecule has 25 heavy (non-hydrogen) atoms. The number of hydrogen-bond donors (Lipinski definition) is 3. The van der Waals surface area contributed by atoms with Gasteiger partial charge in [0.2, 0.25) is 0 Å². The van der Waals surface area contributed by atoms with Crippen molar-refractivity contribution in [1.29, 1.82) is 0 Å². The molecule has 2 unspecified atom stereocenters. The Morgan fingerprint density at radius 2 is 2.12 bits per heavy atom. The minimum absolute atomic E-state index is 0. The average Bonchev–Trinajstić information content (AvgIpc) is 3.13. The maximum Gasteiger partial charge on any atom is 0.269 e. The van der Waals surface area contributed by atoms with E-state index >= 15 is 0 Å². The molecule has 1 aliphatic heterocycles. The lowest BCUT2D eigenvalue weighted by Crippen LogP contribution is -2.30. The molecule has 2 heterocycles. The van der Waals surface area contributed by atoms with Gasteiger partial charge in [-0.1, -0.05) is 0 Å². The molecular weight excluding hydrogens is 346 g/mol. The number of benzene rings is 1. The van der Waals surface area contributed by atoms with E-state index in [1.54, 1.807) is 16.8 Å². The van der Waals surface area contributed by atoms with Crippen LogP contribution in [0.4, 0.5) is 5.69 Å². The molecule has 0 radical (unpaired) electrons. The Hall–Kier alpha value is -2.00. The largest absolute Gasteiger partial charge is 0.391 e. The lowest BCUT2D eigenvalue weighted by atomic mass is 10.1. The number of nitro groups is 1. The predicted octanol–water partition coefficient (Wildman–Crippen LogP) is 1.09. The van der Waals surface area contributed by atoms with E-state index in [4.69, 9.17) is 0 Å². The third kappa shape index (κ3) is 4.55. The van der Waals surface area contributed by atoms with Gasteiger partial charge in [-0.15, -0.1) is 12.4 Å². The van der Waals surface area contributed by atoms with Gasteiger partial charge in [0.25, 0.3) is 5.69 Å². The first-order valence-corrected chi connectivity index (χ1v) is 7.91. The Labute approximate surface area is 151 Å². The van der Waals surface area contributed by atoms with E-state index in [1.807, 2.05) is 13.2 Å². The van der Waals surface area contributed by atoms with E-state index in [-0.39, 0.29) is 30.1 Å². The lowest BCUT2D eigenvalue weighted by molar-refractivity contribution is -0.384. The van der Waals surface area contributed by atoms with Crippen LogP contribution in [0.25, 0.3) is 11.3 Å². The zero-order chi connectivity index (χ0) is 17.1. The van der Waals surface area contributed by atoms with Gasteiger partial charge in [0.15, 0.2) is 0 Å². The van der Waals surface area contributed by atoms with Crippen LogP contribution in [0.2, 0.25) is 0 Å². The number of nitrogens with one attached hydrogen (secondary N) is 2. The molecule has 1 saturated heterocycles. The molecule has 8 nitrogen and oxygen atoms in total. The topological polar surface area (TPSA) is 105 Å². The van der Waals surface area contributed by atoms with Crippen molar-refractivity contribution >= 4 is 18.1 Å². The van der Waals surface area contributed by atoms with Crippen LogP contribution in [-0.2, 0) is 13.6 Å². The fourth-order valence-electron chi connectivity index (χ4n) is 2.97. The number of halogens is 1. The van der Waals surface area contributed by atoms with Crippen LogP contribution in [0.5, 0.6) is 0 Å². The minimum Gasteiger partial charge on any atom is -0.391 e. The second-order valence-electron chi connectivity index (χ2n) is 6.10. The second kappa shape index (κ2) is 8.39. The van der Waals surface area contributed by atoms with Gasteiger partial charge in [-0.2, -0.15) is 5.10 Å². The Morgan fingerprint density at radius 1 is 1.40 bits per heavy atom. The number of nitro benzene ring substituents is 1. The van der Waals surface area contributed by atoms with Gasteiger partial charge in [0.05, 0.1) is 16.7 Å². The van der Waals surface area contributed by atoms with Crippen LogP contribution in [0.15, 0.2) is 30.5 Å². The lowest BCUT2D eigenvalue weighted by Gasteiger charge is -2.14. The second-order valence-corrected chi connectivity index (χ2v) is 6.10. The van der Waals surface area contributed by atoms with Gasteiger partial charge in [-0.25, -0.2) is 0 Å². The molecular formula is C16H22ClN5O3. The number of aliphatic hydroxyl groups excluding tert-OH is 1. The summed E-state index contributed by atoms with van der Waals surface area (Å²) in [5, 5.41) is 31.6. The van der Waals surface area contributed by atoms with Crippen molar-refractivity contribution in [2.75, 3.05) is 19.6 Å². The molecule has 136 valence electrons. The van der Waals surface area contributed by atoms with Crippen molar-refractivity contribution in [3.8, 4) is 11.3 Å². The van der Waals surface area contributed by atoms with Crippen LogP contribution >= 0.6 is 12.4 Å². The summed E-state index contributed by atoms with van der Waals surface area (Å²) in [5.41, 5.74) is 2.74. The van der Waals surface area contributed by atoms with E-state index in [0.717, 1.165) is 29.9 Å². The van der Waals surface area contributed by atoms with Crippen LogP contribution in [0, 0.1) is 16.0 Å². The molecule has 2 aromatic rings. The van der Waals surface area contributed by atoms with Gasteiger partial charge >= 0.3 is 0 Å². The smallest absolute Gasteiger partial charge is 0.269 e. The zero-order valence-electron chi connectivity index (χ0n) is 13.9. The molecule has 1 aliphatic rings. The van der Waals surface area contributed by atoms with E-state index in [2.05, 4.69) is 15.7 Å². The number of hydrogen-bond acceptors (Lipinski definition) is 6. The highest BCUT2D eigenvalue weighted by atomic mass is 35.5. The number of aryl methyl sites for hydroxylation is 1. The van der Waals surface area contributed by atoms with Crippen molar-refractivity contribution in [1.82, 2.24) is 20.4 Å². The number of β-amino-alcohol motifs (C(OH)–C–C–N with tert-alkyl or cyclic N) is 1. The molecule has 0 bridgehead atoms. The van der Waals surface area contributed by atoms with Gasteiger partial charge in [0, 0.05) is 68.6 Å². The highest BCUT2D eigenvalue weighted by Gasteiger charge is 2.24. The molecule has 0 aliphatic carbocycles. The first-order chi connectivity index (χ1) is 11.5. The summed E-state index contributed by atoms with van der Waals surface area (Å²) < 4.78 is 1.74. The van der Waals surface area contributed by atoms with Gasteiger partial charge < -0.3 is 15.7 Å². The fourth-order valence-corrected chi connectivity index (χ4v) is 2.97. The predicted molar refractivity (Wildman–Crippen MR) is 96.6 cm³/mol. The molecule has 0 spiro atoms. The van der Waals surface area contributed by atoms with E-state index < -0.39 is 4.92 Å². The van der Waals surface area contributed by atoms with Crippen LogP contribution in [0.1, 0.15) is 5.56 Å². The number of non-ortho nitro benzene ring substituents is 1. The molecule has 2 atom stereocenters. The minimum atomic E-state index is -0.411. The molecule has 9 heteroatoms. The number of aromatic nitrogens is 2. The van der Waals surface area contributed by atoms with Crippen molar-refractivity contribution in [3.05, 3.63) is 46.1 Å². The SMILES string of the molecule is Cl.Cn1cc(CNCC2CNCC2O)c(-c2ccc([N+](=O)[O-])cc2)n1. The summed E-state index contributed by atoms with van der Waals surface area (Å²) in [6.45, 7) is 2.82. The summed E-state index contributed by atoms with van der Waals surface area (Å²) in [6, 6.07) is 6.41. The monoisotopic (exact) mass is 367 g/mol. The number of aliphatic hydroxyl groups is 1. The zero-order valence-corrected chi connectivity index (χ0v) is 14.7. The van der Waals surface area contributed by atoms with Crippen molar-refractivity contribution in [2.24, 2.45) is 13.0 Å². The Balaban J connectivity index is 0.00000225. The fraction of sp³-hybridized carbons (Fsp3) is 0.438. The molecule has 3 rings (SSSR count). The van der Waals surface area contributed by atoms with Crippen molar-refractivity contribution in [2.45, 2.75) is 12.6 Å². The highest BCUT2D eigenvalue weighted by Crippen LogP contribution is 2.24.